The Morgan fingerprint density at radius 2 is 0.625 bits per heavy atom. The van der Waals surface area contributed by atoms with Crippen molar-refractivity contribution < 1.29 is 103 Å². The number of hydrogen-bond donors (Lipinski definition) is 0. The van der Waals surface area contributed by atoms with Crippen LogP contribution in [0.3, 0.4) is 0 Å². The van der Waals surface area contributed by atoms with Crippen molar-refractivity contribution in [2.45, 2.75) is 12.8 Å². The molecule has 2 rings (SSSR count). The third kappa shape index (κ3) is 25.0. The van der Waals surface area contributed by atoms with Crippen LogP contribution in [0.2, 0.25) is 0 Å². The van der Waals surface area contributed by atoms with Gasteiger partial charge in [-0.3, -0.25) is 0 Å². The van der Waals surface area contributed by atoms with Crippen LogP contribution in [0.15, 0.2) is 48.6 Å². The van der Waals surface area contributed by atoms with Crippen molar-refractivity contribution >= 4 is 0 Å². The van der Waals surface area contributed by atoms with Crippen molar-refractivity contribution in [1.29, 1.82) is 0 Å². The summed E-state index contributed by atoms with van der Waals surface area (Å²) in [5.74, 6) is 0. The van der Waals surface area contributed by atoms with Crippen LogP contribution in [-0.2, 0) is 18.6 Å². The molecule has 2 aliphatic carbocycles. The molecule has 0 aromatic carbocycles. The van der Waals surface area contributed by atoms with Gasteiger partial charge in [-0.1, -0.05) is 48.6 Å². The normalized spacial score (nSPS) is 11.0. The van der Waals surface area contributed by atoms with Gasteiger partial charge in [-0.2, -0.15) is 0 Å². The summed E-state index contributed by atoms with van der Waals surface area (Å²) in [6.07, 6.45) is 19.0. The smallest absolute Gasteiger partial charge is 0 e. The fourth-order valence-electron chi connectivity index (χ4n) is 0.786. The fourth-order valence-corrected chi connectivity index (χ4v) is 0.786. The maximum atomic E-state index is 2.12. The molecule has 1 radical (unpaired) electrons. The molecule has 0 atom stereocenters. The first-order valence-electron chi connectivity index (χ1n) is 3.63. The molecule has 0 unspecified atom stereocenters. The maximum absolute atomic E-state index is 2.12. The van der Waals surface area contributed by atoms with Gasteiger partial charge in [0.25, 0.3) is 0 Å². The molecule has 0 aliphatic heterocycles. The van der Waals surface area contributed by atoms with E-state index < -0.39 is 0 Å². The molecular formula is C10H12Br5V-5. The van der Waals surface area contributed by atoms with Gasteiger partial charge < -0.3 is 84.9 Å². The van der Waals surface area contributed by atoms with Crippen molar-refractivity contribution in [3.63, 3.8) is 0 Å². The minimum Gasteiger partial charge on any atom is -1.00 e. The van der Waals surface area contributed by atoms with E-state index >= 15 is 0 Å². The molecule has 2 aliphatic rings. The Balaban J connectivity index is -0.0000000227. The van der Waals surface area contributed by atoms with E-state index in [1.165, 1.54) is 0 Å². The van der Waals surface area contributed by atoms with Crippen molar-refractivity contribution in [1.82, 2.24) is 0 Å². The van der Waals surface area contributed by atoms with Gasteiger partial charge in [0.1, 0.15) is 0 Å². The van der Waals surface area contributed by atoms with Crippen molar-refractivity contribution in [2.75, 3.05) is 0 Å². The van der Waals surface area contributed by atoms with E-state index in [-0.39, 0.29) is 103 Å². The molecule has 0 N–H and O–H groups in total. The first-order chi connectivity index (χ1) is 5.00. The standard InChI is InChI=1S/2C5H6.5BrH.V/c2*1-2-4-5-3-1;;;;;;/h2*1-4H,5H2;5*1H;/p-5. The van der Waals surface area contributed by atoms with Crippen LogP contribution in [0.25, 0.3) is 0 Å². The third-order valence-electron chi connectivity index (χ3n) is 1.31. The van der Waals surface area contributed by atoms with Crippen LogP contribution in [0.1, 0.15) is 12.8 Å². The molecule has 0 nitrogen and oxygen atoms in total. The first kappa shape index (κ1) is 36.1. The van der Waals surface area contributed by atoms with Gasteiger partial charge in [0, 0.05) is 18.6 Å². The van der Waals surface area contributed by atoms with E-state index in [2.05, 4.69) is 48.6 Å². The molecule has 0 aromatic heterocycles. The summed E-state index contributed by atoms with van der Waals surface area (Å²) in [6, 6.07) is 0. The van der Waals surface area contributed by atoms with Crippen molar-refractivity contribution in [3.8, 4) is 0 Å². The summed E-state index contributed by atoms with van der Waals surface area (Å²) in [4.78, 5) is 0. The largest absolute Gasteiger partial charge is 1.00 e. The fraction of sp³-hybridized carbons (Fsp3) is 0.200. The number of hydrogen-bond acceptors (Lipinski definition) is 0. The molecule has 6 heteroatoms. The van der Waals surface area contributed by atoms with Crippen LogP contribution in [-0.4, -0.2) is 0 Å². The van der Waals surface area contributed by atoms with E-state index in [1.54, 1.807) is 0 Å². The average Bonchev–Trinajstić information content (AvgIpc) is 2.67. The Bertz CT molecular complexity index is 157. The first-order valence-corrected chi connectivity index (χ1v) is 3.63. The molecule has 0 saturated carbocycles. The van der Waals surface area contributed by atoms with E-state index in [0.29, 0.717) is 0 Å². The molecule has 0 fully saturated rings. The Labute approximate surface area is 163 Å². The van der Waals surface area contributed by atoms with E-state index in [9.17, 15) is 0 Å². The van der Waals surface area contributed by atoms with Gasteiger partial charge in [0.15, 0.2) is 0 Å². The number of rotatable bonds is 0. The zero-order chi connectivity index (χ0) is 7.07. The van der Waals surface area contributed by atoms with Gasteiger partial charge in [-0.05, 0) is 12.8 Å². The summed E-state index contributed by atoms with van der Waals surface area (Å²) in [5, 5.41) is 0. The summed E-state index contributed by atoms with van der Waals surface area (Å²) in [7, 11) is 0. The minimum absolute atomic E-state index is 0. The van der Waals surface area contributed by atoms with Crippen LogP contribution in [0.5, 0.6) is 0 Å². The quantitative estimate of drug-likeness (QED) is 0.267. The van der Waals surface area contributed by atoms with E-state index in [0.717, 1.165) is 12.8 Å². The summed E-state index contributed by atoms with van der Waals surface area (Å²) in [5.41, 5.74) is 0. The third-order valence-corrected chi connectivity index (χ3v) is 1.31. The zero-order valence-corrected chi connectivity index (χ0v) is 17.7. The second-order valence-electron chi connectivity index (χ2n) is 2.18. The van der Waals surface area contributed by atoms with Gasteiger partial charge >= 0.3 is 0 Å². The second kappa shape index (κ2) is 30.2. The monoisotopic (exact) mass is 578 g/mol. The van der Waals surface area contributed by atoms with Crippen LogP contribution in [0, 0.1) is 0 Å². The Morgan fingerprint density at radius 3 is 0.688 bits per heavy atom. The topological polar surface area (TPSA) is 0 Å². The minimum atomic E-state index is 0. The van der Waals surface area contributed by atoms with E-state index in [1.807, 2.05) is 0 Å². The van der Waals surface area contributed by atoms with Crippen molar-refractivity contribution in [2.24, 2.45) is 0 Å². The summed E-state index contributed by atoms with van der Waals surface area (Å²) >= 11 is 0. The molecular weight excluding hydrogens is 571 g/mol. The van der Waals surface area contributed by atoms with Gasteiger partial charge in [-0.25, -0.2) is 0 Å². The summed E-state index contributed by atoms with van der Waals surface area (Å²) < 4.78 is 0. The molecule has 0 saturated heterocycles. The molecule has 0 amide bonds. The number of allylic oxidation sites excluding steroid dienone is 8. The second-order valence-corrected chi connectivity index (χ2v) is 2.18. The number of halogens is 5. The van der Waals surface area contributed by atoms with Crippen LogP contribution in [0.4, 0.5) is 0 Å². The Morgan fingerprint density at radius 1 is 0.438 bits per heavy atom. The maximum Gasteiger partial charge on any atom is 0 e. The van der Waals surface area contributed by atoms with Crippen LogP contribution >= 0.6 is 0 Å². The molecule has 0 spiro atoms. The molecule has 0 heterocycles. The zero-order valence-electron chi connectivity index (χ0n) is 8.37. The molecule has 0 bridgehead atoms. The van der Waals surface area contributed by atoms with Gasteiger partial charge in [0.05, 0.1) is 0 Å². The molecule has 16 heavy (non-hydrogen) atoms. The predicted octanol–water partition coefficient (Wildman–Crippen LogP) is -12.0. The SMILES string of the molecule is C1=CCC=C1.C1=CCC=C1.[Br-].[Br-].[Br-].[Br-].[Br-].[V]. The Hall–Kier alpha value is 1.94. The molecule has 0 aromatic rings. The Kier molecular flexibility index (Phi) is 68.1. The molecule has 97 valence electrons. The van der Waals surface area contributed by atoms with E-state index in [4.69, 9.17) is 0 Å². The summed E-state index contributed by atoms with van der Waals surface area (Å²) in [6.45, 7) is 0. The van der Waals surface area contributed by atoms with Gasteiger partial charge in [-0.15, -0.1) is 0 Å². The average molecular weight is 583 g/mol. The predicted molar refractivity (Wildman–Crippen MR) is 45.8 cm³/mol. The van der Waals surface area contributed by atoms with Gasteiger partial charge in [0.2, 0.25) is 0 Å². The van der Waals surface area contributed by atoms with Crippen molar-refractivity contribution in [3.05, 3.63) is 48.6 Å². The van der Waals surface area contributed by atoms with Crippen LogP contribution < -0.4 is 84.9 Å².